The fraction of sp³-hybridized carbons (Fsp3) is 0.0588. The van der Waals surface area contributed by atoms with Crippen LogP contribution in [0.25, 0.3) is 10.9 Å². The third-order valence-electron chi connectivity index (χ3n) is 3.42. The van der Waals surface area contributed by atoms with Crippen LogP contribution < -0.4 is 5.43 Å². The fourth-order valence-corrected chi connectivity index (χ4v) is 2.81. The maximum absolute atomic E-state index is 12.1. The number of nitrogens with zero attached hydrogens (tertiary/aromatic N) is 2. The maximum Gasteiger partial charge on any atom is 0.272 e. The predicted molar refractivity (Wildman–Crippen MR) is 92.1 cm³/mol. The van der Waals surface area contributed by atoms with Crippen molar-refractivity contribution in [2.45, 2.75) is 0 Å². The number of rotatable bonds is 3. The molecule has 3 rings (SSSR count). The zero-order valence-electron chi connectivity index (χ0n) is 12.0. The second-order valence-electron chi connectivity index (χ2n) is 4.89. The number of fused-ring (bicyclic) bond motifs is 1. The lowest BCUT2D eigenvalue weighted by atomic mass is 10.2. The number of aromatic nitrogens is 1. The van der Waals surface area contributed by atoms with Crippen molar-refractivity contribution in [3.8, 4) is 0 Å². The van der Waals surface area contributed by atoms with E-state index in [0.29, 0.717) is 5.56 Å². The molecule has 3 aromatic rings. The summed E-state index contributed by atoms with van der Waals surface area (Å²) in [4.78, 5) is 12.1. The topological polar surface area (TPSA) is 46.4 Å². The van der Waals surface area contributed by atoms with Crippen LogP contribution in [0.4, 0.5) is 0 Å². The monoisotopic (exact) mass is 355 g/mol. The number of hydrogen-bond donors (Lipinski definition) is 1. The summed E-state index contributed by atoms with van der Waals surface area (Å²) < 4.78 is 2.78. The van der Waals surface area contributed by atoms with Gasteiger partial charge in [0.25, 0.3) is 5.91 Å². The second kappa shape index (κ2) is 6.15. The van der Waals surface area contributed by atoms with Crippen LogP contribution in [0.2, 0.25) is 0 Å². The number of amides is 1. The third kappa shape index (κ3) is 2.80. The van der Waals surface area contributed by atoms with Crippen LogP contribution >= 0.6 is 15.9 Å². The molecule has 110 valence electrons. The maximum atomic E-state index is 12.1. The van der Waals surface area contributed by atoms with E-state index in [9.17, 15) is 4.79 Å². The van der Waals surface area contributed by atoms with E-state index < -0.39 is 0 Å². The van der Waals surface area contributed by atoms with Gasteiger partial charge in [-0.25, -0.2) is 5.43 Å². The zero-order chi connectivity index (χ0) is 15.5. The molecule has 0 fully saturated rings. The van der Waals surface area contributed by atoms with Gasteiger partial charge in [0, 0.05) is 34.2 Å². The van der Waals surface area contributed by atoms with Gasteiger partial charge in [-0.2, -0.15) is 5.10 Å². The molecule has 0 saturated heterocycles. The van der Waals surface area contributed by atoms with Crippen molar-refractivity contribution in [3.05, 3.63) is 70.3 Å². The number of hydrogen-bond acceptors (Lipinski definition) is 2. The third-order valence-corrected chi connectivity index (χ3v) is 4.11. The Kier molecular flexibility index (Phi) is 4.06. The number of halogens is 1. The average molecular weight is 356 g/mol. The average Bonchev–Trinajstić information content (AvgIpc) is 2.85. The molecule has 1 heterocycles. The van der Waals surface area contributed by atoms with Crippen LogP contribution in [0.15, 0.2) is 64.3 Å². The normalized spacial score (nSPS) is 11.2. The molecular formula is C17H14BrN3O. The van der Waals surface area contributed by atoms with E-state index in [-0.39, 0.29) is 5.91 Å². The van der Waals surface area contributed by atoms with E-state index in [1.165, 1.54) is 0 Å². The standard InChI is InChI=1S/C17H14BrN3O/c1-21-11-12(13-6-3-5-9-16(13)21)10-19-20-17(22)14-7-2-4-8-15(14)18/h2-11H,1H3,(H,20,22)/b19-10+. The van der Waals surface area contributed by atoms with Crippen molar-refractivity contribution in [3.63, 3.8) is 0 Å². The van der Waals surface area contributed by atoms with Gasteiger partial charge >= 0.3 is 0 Å². The van der Waals surface area contributed by atoms with Crippen molar-refractivity contribution >= 4 is 39.0 Å². The minimum absolute atomic E-state index is 0.246. The van der Waals surface area contributed by atoms with Gasteiger partial charge in [-0.3, -0.25) is 4.79 Å². The van der Waals surface area contributed by atoms with Crippen LogP contribution in [0.5, 0.6) is 0 Å². The molecule has 2 aromatic carbocycles. The Morgan fingerprint density at radius 1 is 1.18 bits per heavy atom. The molecule has 0 aliphatic carbocycles. The Bertz CT molecular complexity index is 867. The van der Waals surface area contributed by atoms with Gasteiger partial charge < -0.3 is 4.57 Å². The van der Waals surface area contributed by atoms with Crippen molar-refractivity contribution in [1.29, 1.82) is 0 Å². The summed E-state index contributed by atoms with van der Waals surface area (Å²) in [5, 5.41) is 5.16. The Morgan fingerprint density at radius 2 is 1.91 bits per heavy atom. The van der Waals surface area contributed by atoms with E-state index in [2.05, 4.69) is 26.5 Å². The first-order valence-electron chi connectivity index (χ1n) is 6.79. The lowest BCUT2D eigenvalue weighted by Gasteiger charge is -2.01. The van der Waals surface area contributed by atoms with Gasteiger partial charge in [-0.1, -0.05) is 30.3 Å². The van der Waals surface area contributed by atoms with E-state index >= 15 is 0 Å². The number of benzene rings is 2. The second-order valence-corrected chi connectivity index (χ2v) is 5.75. The van der Waals surface area contributed by atoms with Gasteiger partial charge in [0.05, 0.1) is 11.8 Å². The van der Waals surface area contributed by atoms with Crippen molar-refractivity contribution < 1.29 is 4.79 Å². The highest BCUT2D eigenvalue weighted by atomic mass is 79.9. The molecule has 0 aliphatic heterocycles. The number of hydrazone groups is 1. The Hall–Kier alpha value is -2.40. The molecule has 5 heteroatoms. The van der Waals surface area contributed by atoms with Crippen LogP contribution in [0.3, 0.4) is 0 Å². The highest BCUT2D eigenvalue weighted by molar-refractivity contribution is 9.10. The molecule has 1 aromatic heterocycles. The number of nitrogens with one attached hydrogen (secondary N) is 1. The highest BCUT2D eigenvalue weighted by Crippen LogP contribution is 2.18. The largest absolute Gasteiger partial charge is 0.350 e. The van der Waals surface area contributed by atoms with Crippen LogP contribution in [0.1, 0.15) is 15.9 Å². The molecule has 0 aliphatic rings. The van der Waals surface area contributed by atoms with Gasteiger partial charge in [0.2, 0.25) is 0 Å². The van der Waals surface area contributed by atoms with Gasteiger partial charge in [-0.05, 0) is 34.1 Å². The zero-order valence-corrected chi connectivity index (χ0v) is 13.5. The van der Waals surface area contributed by atoms with Crippen LogP contribution in [0, 0.1) is 0 Å². The predicted octanol–water partition coefficient (Wildman–Crippen LogP) is 3.70. The van der Waals surface area contributed by atoms with Crippen molar-refractivity contribution in [2.24, 2.45) is 12.1 Å². The lowest BCUT2D eigenvalue weighted by Crippen LogP contribution is -2.17. The van der Waals surface area contributed by atoms with Gasteiger partial charge in [-0.15, -0.1) is 0 Å². The SMILES string of the molecule is Cn1cc(/C=N/NC(=O)c2ccccc2Br)c2ccccc21. The first-order valence-corrected chi connectivity index (χ1v) is 7.58. The van der Waals surface area contributed by atoms with E-state index in [1.54, 1.807) is 12.3 Å². The summed E-state index contributed by atoms with van der Waals surface area (Å²) in [6.07, 6.45) is 3.65. The molecule has 1 N–H and O–H groups in total. The van der Waals surface area contributed by atoms with Crippen LogP contribution in [-0.2, 0) is 7.05 Å². The molecule has 0 atom stereocenters. The molecule has 0 bridgehead atoms. The van der Waals surface area contributed by atoms with Crippen molar-refractivity contribution in [1.82, 2.24) is 9.99 Å². The molecule has 0 saturated carbocycles. The smallest absolute Gasteiger partial charge is 0.272 e. The lowest BCUT2D eigenvalue weighted by molar-refractivity contribution is 0.0954. The molecule has 4 nitrogen and oxygen atoms in total. The molecule has 0 spiro atoms. The Labute approximate surface area is 136 Å². The van der Waals surface area contributed by atoms with Gasteiger partial charge in [0.15, 0.2) is 0 Å². The fourth-order valence-electron chi connectivity index (χ4n) is 2.34. The van der Waals surface area contributed by atoms with E-state index in [1.807, 2.05) is 60.3 Å². The Morgan fingerprint density at radius 3 is 2.73 bits per heavy atom. The molecular weight excluding hydrogens is 342 g/mol. The van der Waals surface area contributed by atoms with E-state index in [4.69, 9.17) is 0 Å². The summed E-state index contributed by atoms with van der Waals surface area (Å²) in [6.45, 7) is 0. The van der Waals surface area contributed by atoms with Crippen molar-refractivity contribution in [2.75, 3.05) is 0 Å². The molecule has 0 radical (unpaired) electrons. The van der Waals surface area contributed by atoms with E-state index in [0.717, 1.165) is 20.9 Å². The number of carbonyl (C=O) groups is 1. The molecule has 0 unspecified atom stereocenters. The molecule has 1 amide bonds. The summed E-state index contributed by atoms with van der Waals surface area (Å²) >= 11 is 3.35. The summed E-state index contributed by atoms with van der Waals surface area (Å²) in [7, 11) is 1.99. The van der Waals surface area contributed by atoms with Gasteiger partial charge in [0.1, 0.15) is 0 Å². The first-order chi connectivity index (χ1) is 10.7. The minimum Gasteiger partial charge on any atom is -0.350 e. The Balaban J connectivity index is 1.80. The van der Waals surface area contributed by atoms with Crippen LogP contribution in [-0.4, -0.2) is 16.7 Å². The summed E-state index contributed by atoms with van der Waals surface area (Å²) in [6, 6.07) is 15.3. The first kappa shape index (κ1) is 14.5. The molecule has 22 heavy (non-hydrogen) atoms. The highest BCUT2D eigenvalue weighted by Gasteiger charge is 2.08. The minimum atomic E-state index is -0.246. The summed E-state index contributed by atoms with van der Waals surface area (Å²) in [5.41, 5.74) is 5.20. The number of aryl methyl sites for hydroxylation is 1. The summed E-state index contributed by atoms with van der Waals surface area (Å²) in [5.74, 6) is -0.246. The quantitative estimate of drug-likeness (QED) is 0.565. The number of para-hydroxylation sites is 1. The number of carbonyl (C=O) groups excluding carboxylic acids is 1.